The maximum atomic E-state index is 11.9. The molecule has 0 saturated carbocycles. The van der Waals surface area contributed by atoms with Crippen LogP contribution in [0.4, 0.5) is 8.78 Å². The van der Waals surface area contributed by atoms with Crippen molar-refractivity contribution in [2.75, 3.05) is 6.54 Å². The molecule has 0 aromatic heterocycles. The van der Waals surface area contributed by atoms with Crippen LogP contribution in [0.2, 0.25) is 0 Å². The van der Waals surface area contributed by atoms with Crippen molar-refractivity contribution in [2.45, 2.75) is 13.2 Å². The van der Waals surface area contributed by atoms with Gasteiger partial charge in [0.25, 0.3) is 0 Å². The van der Waals surface area contributed by atoms with Gasteiger partial charge in [-0.15, -0.1) is 0 Å². The Balaban J connectivity index is 2.42. The van der Waals surface area contributed by atoms with E-state index in [1.807, 2.05) is 0 Å². The molecule has 2 nitrogen and oxygen atoms in total. The lowest BCUT2D eigenvalue weighted by Gasteiger charge is -2.06. The molecule has 0 heterocycles. The van der Waals surface area contributed by atoms with E-state index in [1.54, 1.807) is 12.1 Å². The molecule has 0 saturated heterocycles. The second kappa shape index (κ2) is 6.45. The maximum Gasteiger partial charge on any atom is 0.387 e. The van der Waals surface area contributed by atoms with Crippen LogP contribution in [0, 0.1) is 0 Å². The average molecular weight is 248 g/mol. The molecule has 0 amide bonds. The van der Waals surface area contributed by atoms with Gasteiger partial charge in [0.1, 0.15) is 5.75 Å². The van der Waals surface area contributed by atoms with E-state index in [0.717, 1.165) is 5.56 Å². The minimum absolute atomic E-state index is 0.153. The Morgan fingerprint density at radius 3 is 2.50 bits per heavy atom. The van der Waals surface area contributed by atoms with Crippen molar-refractivity contribution in [1.29, 1.82) is 0 Å². The predicted molar refractivity (Wildman–Crippen MR) is 59.8 cm³/mol. The van der Waals surface area contributed by atoms with Crippen molar-refractivity contribution in [3.05, 3.63) is 41.4 Å². The summed E-state index contributed by atoms with van der Waals surface area (Å²) in [4.78, 5) is 0. The first-order chi connectivity index (χ1) is 7.58. The molecule has 5 heteroatoms. The zero-order chi connectivity index (χ0) is 12.0. The topological polar surface area (TPSA) is 21.3 Å². The molecular formula is C11H12ClF2NO. The van der Waals surface area contributed by atoms with E-state index in [9.17, 15) is 8.78 Å². The highest BCUT2D eigenvalue weighted by Crippen LogP contribution is 2.14. The molecular weight excluding hydrogens is 236 g/mol. The van der Waals surface area contributed by atoms with E-state index in [0.29, 0.717) is 18.1 Å². The first kappa shape index (κ1) is 12.9. The number of rotatable bonds is 6. The molecule has 1 aromatic rings. The Bertz CT molecular complexity index is 340. The molecule has 16 heavy (non-hydrogen) atoms. The first-order valence-electron chi connectivity index (χ1n) is 4.65. The lowest BCUT2D eigenvalue weighted by atomic mass is 10.2. The number of halogens is 3. The highest BCUT2D eigenvalue weighted by molar-refractivity contribution is 6.29. The molecule has 0 unspecified atom stereocenters. The van der Waals surface area contributed by atoms with Crippen LogP contribution in [0.25, 0.3) is 0 Å². The largest absolute Gasteiger partial charge is 0.435 e. The van der Waals surface area contributed by atoms with Gasteiger partial charge >= 0.3 is 6.61 Å². The van der Waals surface area contributed by atoms with E-state index in [-0.39, 0.29) is 5.75 Å². The predicted octanol–water partition coefficient (Wildman–Crippen LogP) is 3.13. The number of benzene rings is 1. The molecule has 0 fully saturated rings. The molecule has 88 valence electrons. The Morgan fingerprint density at radius 1 is 1.38 bits per heavy atom. The molecule has 0 bridgehead atoms. The van der Waals surface area contributed by atoms with Gasteiger partial charge in [-0.1, -0.05) is 30.3 Å². The SMILES string of the molecule is C=C(Cl)CNCc1ccc(OC(F)F)cc1. The average Bonchev–Trinajstić information content (AvgIpc) is 2.19. The molecule has 0 radical (unpaired) electrons. The van der Waals surface area contributed by atoms with E-state index < -0.39 is 6.61 Å². The van der Waals surface area contributed by atoms with Crippen molar-refractivity contribution < 1.29 is 13.5 Å². The number of nitrogens with one attached hydrogen (secondary N) is 1. The second-order valence-corrected chi connectivity index (χ2v) is 3.68. The van der Waals surface area contributed by atoms with Gasteiger partial charge in [0, 0.05) is 18.1 Å². The standard InChI is InChI=1S/C11H12ClF2NO/c1-8(12)6-15-7-9-2-4-10(5-3-9)16-11(13)14/h2-5,11,15H,1,6-7H2. The summed E-state index contributed by atoms with van der Waals surface area (Å²) in [7, 11) is 0. The zero-order valence-corrected chi connectivity index (χ0v) is 9.31. The molecule has 1 N–H and O–H groups in total. The van der Waals surface area contributed by atoms with Gasteiger partial charge in [0.05, 0.1) is 0 Å². The van der Waals surface area contributed by atoms with Crippen molar-refractivity contribution in [2.24, 2.45) is 0 Å². The minimum Gasteiger partial charge on any atom is -0.435 e. The van der Waals surface area contributed by atoms with Crippen LogP contribution in [0.15, 0.2) is 35.9 Å². The van der Waals surface area contributed by atoms with E-state index in [4.69, 9.17) is 11.6 Å². The van der Waals surface area contributed by atoms with Crippen LogP contribution in [0.3, 0.4) is 0 Å². The maximum absolute atomic E-state index is 11.9. The number of hydrogen-bond donors (Lipinski definition) is 1. The fourth-order valence-corrected chi connectivity index (χ4v) is 1.23. The van der Waals surface area contributed by atoms with Crippen molar-refractivity contribution in [3.63, 3.8) is 0 Å². The molecule has 0 aliphatic carbocycles. The summed E-state index contributed by atoms with van der Waals surface area (Å²) < 4.78 is 27.9. The van der Waals surface area contributed by atoms with Crippen LogP contribution in [-0.2, 0) is 6.54 Å². The third-order valence-corrected chi connectivity index (χ3v) is 1.93. The quantitative estimate of drug-likeness (QED) is 0.834. The Morgan fingerprint density at radius 2 is 2.00 bits per heavy atom. The van der Waals surface area contributed by atoms with E-state index in [2.05, 4.69) is 16.6 Å². The van der Waals surface area contributed by atoms with Crippen LogP contribution in [0.1, 0.15) is 5.56 Å². The molecule has 0 aliphatic heterocycles. The van der Waals surface area contributed by atoms with Gasteiger partial charge in [-0.25, -0.2) is 0 Å². The van der Waals surface area contributed by atoms with Crippen LogP contribution in [0.5, 0.6) is 5.75 Å². The van der Waals surface area contributed by atoms with Crippen molar-refractivity contribution >= 4 is 11.6 Å². The van der Waals surface area contributed by atoms with Gasteiger partial charge in [0.15, 0.2) is 0 Å². The summed E-state index contributed by atoms with van der Waals surface area (Å²) in [6, 6.07) is 6.42. The van der Waals surface area contributed by atoms with Crippen LogP contribution >= 0.6 is 11.6 Å². The van der Waals surface area contributed by atoms with Crippen molar-refractivity contribution in [1.82, 2.24) is 5.32 Å². The molecule has 0 spiro atoms. The van der Waals surface area contributed by atoms with Gasteiger partial charge < -0.3 is 10.1 Å². The monoisotopic (exact) mass is 247 g/mol. The third-order valence-electron chi connectivity index (χ3n) is 1.79. The van der Waals surface area contributed by atoms with Gasteiger partial charge in [-0.3, -0.25) is 0 Å². The molecule has 1 aromatic carbocycles. The lowest BCUT2D eigenvalue weighted by Crippen LogP contribution is -2.14. The first-order valence-corrected chi connectivity index (χ1v) is 5.03. The smallest absolute Gasteiger partial charge is 0.387 e. The van der Waals surface area contributed by atoms with Crippen LogP contribution < -0.4 is 10.1 Å². The molecule has 1 rings (SSSR count). The molecule has 0 aliphatic rings. The number of alkyl halides is 2. The normalized spacial score (nSPS) is 10.5. The fourth-order valence-electron chi connectivity index (χ4n) is 1.13. The summed E-state index contributed by atoms with van der Waals surface area (Å²) in [6.07, 6.45) is 0. The number of hydrogen-bond acceptors (Lipinski definition) is 2. The second-order valence-electron chi connectivity index (χ2n) is 3.14. The summed E-state index contributed by atoms with van der Waals surface area (Å²) in [5, 5.41) is 3.57. The summed E-state index contributed by atoms with van der Waals surface area (Å²) >= 11 is 5.57. The van der Waals surface area contributed by atoms with Gasteiger partial charge in [-0.2, -0.15) is 8.78 Å². The Kier molecular flexibility index (Phi) is 5.22. The Labute approximate surface area is 97.9 Å². The highest BCUT2D eigenvalue weighted by Gasteiger charge is 2.03. The Hall–Kier alpha value is -1.13. The van der Waals surface area contributed by atoms with Gasteiger partial charge in [0.2, 0.25) is 0 Å². The van der Waals surface area contributed by atoms with Crippen LogP contribution in [-0.4, -0.2) is 13.2 Å². The van der Waals surface area contributed by atoms with Gasteiger partial charge in [-0.05, 0) is 17.7 Å². The highest BCUT2D eigenvalue weighted by atomic mass is 35.5. The summed E-state index contributed by atoms with van der Waals surface area (Å²) in [5.41, 5.74) is 0.958. The van der Waals surface area contributed by atoms with Crippen molar-refractivity contribution in [3.8, 4) is 5.75 Å². The minimum atomic E-state index is -2.79. The zero-order valence-electron chi connectivity index (χ0n) is 8.55. The van der Waals surface area contributed by atoms with E-state index in [1.165, 1.54) is 12.1 Å². The summed E-state index contributed by atoms with van der Waals surface area (Å²) in [6.45, 7) is 1.85. The fraction of sp³-hybridized carbons (Fsp3) is 0.273. The molecule has 0 atom stereocenters. The lowest BCUT2D eigenvalue weighted by molar-refractivity contribution is -0.0498. The summed E-state index contributed by atoms with van der Waals surface area (Å²) in [5.74, 6) is 0.153. The number of ether oxygens (including phenoxy) is 1. The van der Waals surface area contributed by atoms with E-state index >= 15 is 0 Å². The third kappa shape index (κ3) is 5.09.